The van der Waals surface area contributed by atoms with Gasteiger partial charge in [0.25, 0.3) is 5.91 Å². The van der Waals surface area contributed by atoms with Gasteiger partial charge >= 0.3 is 0 Å². The first-order chi connectivity index (χ1) is 15.2. The predicted octanol–water partition coefficient (Wildman–Crippen LogP) is 4.32. The van der Waals surface area contributed by atoms with E-state index in [1.54, 1.807) is 12.0 Å². The molecule has 0 aliphatic carbocycles. The molecule has 2 aromatic rings. The molecule has 1 unspecified atom stereocenters. The average molecular weight is 441 g/mol. The molecule has 2 amide bonds. The number of rotatable bonds is 10. The molecule has 32 heavy (non-hydrogen) atoms. The number of carbonyl (C=O) groups excluding carboxylic acids is 2. The van der Waals surface area contributed by atoms with Crippen LogP contribution < -0.4 is 14.8 Å². The monoisotopic (exact) mass is 440 g/mol. The summed E-state index contributed by atoms with van der Waals surface area (Å²) in [7, 11) is 1.61. The molecule has 1 N–H and O–H groups in total. The maximum atomic E-state index is 13.3. The van der Waals surface area contributed by atoms with Gasteiger partial charge in [-0.2, -0.15) is 0 Å². The third kappa shape index (κ3) is 6.74. The molecule has 0 fully saturated rings. The number of methoxy groups -OCH3 is 1. The molecule has 2 rings (SSSR count). The van der Waals surface area contributed by atoms with E-state index in [1.807, 2.05) is 62.4 Å². The summed E-state index contributed by atoms with van der Waals surface area (Å²) < 4.78 is 11.2. The number of ether oxygens (including phenoxy) is 2. The number of benzene rings is 2. The second kappa shape index (κ2) is 11.6. The number of para-hydroxylation sites is 1. The molecule has 0 radical (unpaired) electrons. The van der Waals surface area contributed by atoms with E-state index in [2.05, 4.69) is 26.1 Å². The van der Waals surface area contributed by atoms with E-state index >= 15 is 0 Å². The van der Waals surface area contributed by atoms with Crippen molar-refractivity contribution in [3.05, 3.63) is 59.7 Å². The smallest absolute Gasteiger partial charge is 0.261 e. The van der Waals surface area contributed by atoms with Crippen molar-refractivity contribution in [2.45, 2.75) is 59.0 Å². The Balaban J connectivity index is 2.26. The molecule has 1 atom stereocenters. The fourth-order valence-electron chi connectivity index (χ4n) is 3.57. The van der Waals surface area contributed by atoms with Crippen LogP contribution in [0.3, 0.4) is 0 Å². The highest BCUT2D eigenvalue weighted by Crippen LogP contribution is 2.31. The average Bonchev–Trinajstić information content (AvgIpc) is 2.77. The van der Waals surface area contributed by atoms with Crippen molar-refractivity contribution in [3.8, 4) is 11.5 Å². The van der Waals surface area contributed by atoms with Crippen molar-refractivity contribution < 1.29 is 19.1 Å². The van der Waals surface area contributed by atoms with E-state index in [-0.39, 0.29) is 23.8 Å². The fourth-order valence-corrected chi connectivity index (χ4v) is 3.57. The molecule has 2 aromatic carbocycles. The Morgan fingerprint density at radius 1 is 1.03 bits per heavy atom. The molecule has 0 heterocycles. The number of carbonyl (C=O) groups is 2. The van der Waals surface area contributed by atoms with Gasteiger partial charge in [-0.3, -0.25) is 9.59 Å². The van der Waals surface area contributed by atoms with Gasteiger partial charge in [0.05, 0.1) is 7.11 Å². The van der Waals surface area contributed by atoms with Crippen LogP contribution >= 0.6 is 0 Å². The number of nitrogens with zero attached hydrogens (tertiary/aromatic N) is 1. The summed E-state index contributed by atoms with van der Waals surface area (Å²) in [5, 5.41) is 2.85. The highest BCUT2D eigenvalue weighted by Gasteiger charge is 2.29. The minimum absolute atomic E-state index is 0.116. The van der Waals surface area contributed by atoms with Crippen molar-refractivity contribution in [2.24, 2.45) is 0 Å². The van der Waals surface area contributed by atoms with Crippen molar-refractivity contribution in [3.63, 3.8) is 0 Å². The first kappa shape index (κ1) is 25.2. The Bertz CT molecular complexity index is 887. The molecule has 6 heteroatoms. The van der Waals surface area contributed by atoms with Gasteiger partial charge in [0.1, 0.15) is 17.5 Å². The van der Waals surface area contributed by atoms with Crippen molar-refractivity contribution >= 4 is 11.8 Å². The Labute approximate surface area is 191 Å². The molecule has 0 aromatic heterocycles. The lowest BCUT2D eigenvalue weighted by atomic mass is 9.86. The minimum atomic E-state index is -0.578. The summed E-state index contributed by atoms with van der Waals surface area (Å²) in [4.78, 5) is 27.6. The van der Waals surface area contributed by atoms with Crippen LogP contribution in [0.1, 0.15) is 52.2 Å². The molecule has 6 nitrogen and oxygen atoms in total. The predicted molar refractivity (Wildman–Crippen MR) is 127 cm³/mol. The second-order valence-electron chi connectivity index (χ2n) is 8.72. The van der Waals surface area contributed by atoms with Crippen LogP contribution in [-0.2, 0) is 21.5 Å². The van der Waals surface area contributed by atoms with E-state index in [0.717, 1.165) is 16.9 Å². The zero-order valence-corrected chi connectivity index (χ0v) is 20.1. The molecule has 0 saturated carbocycles. The van der Waals surface area contributed by atoms with Crippen molar-refractivity contribution in [2.75, 3.05) is 20.3 Å². The minimum Gasteiger partial charge on any atom is -0.497 e. The highest BCUT2D eigenvalue weighted by molar-refractivity contribution is 5.88. The first-order valence-electron chi connectivity index (χ1n) is 11.1. The highest BCUT2D eigenvalue weighted by atomic mass is 16.5. The first-order valence-corrected chi connectivity index (χ1v) is 11.1. The van der Waals surface area contributed by atoms with Gasteiger partial charge in [0.15, 0.2) is 6.61 Å². The quantitative estimate of drug-likeness (QED) is 0.598. The topological polar surface area (TPSA) is 67.9 Å². The lowest BCUT2D eigenvalue weighted by Gasteiger charge is -2.31. The van der Waals surface area contributed by atoms with E-state index in [1.165, 1.54) is 0 Å². The number of hydrogen-bond acceptors (Lipinski definition) is 4. The zero-order valence-electron chi connectivity index (χ0n) is 20.1. The van der Waals surface area contributed by atoms with Crippen LogP contribution in [0.15, 0.2) is 48.5 Å². The number of nitrogens with one attached hydrogen (secondary N) is 1. The lowest BCUT2D eigenvalue weighted by Crippen LogP contribution is -2.50. The molecule has 0 saturated heterocycles. The third-order valence-corrected chi connectivity index (χ3v) is 5.30. The summed E-state index contributed by atoms with van der Waals surface area (Å²) >= 11 is 0. The van der Waals surface area contributed by atoms with Crippen LogP contribution in [0.25, 0.3) is 0 Å². The van der Waals surface area contributed by atoms with Gasteiger partial charge in [-0.1, -0.05) is 58.0 Å². The van der Waals surface area contributed by atoms with Crippen molar-refractivity contribution in [1.82, 2.24) is 10.2 Å². The molecule has 0 aliphatic heterocycles. The molecule has 0 spiro atoms. The van der Waals surface area contributed by atoms with Gasteiger partial charge in [-0.25, -0.2) is 0 Å². The Morgan fingerprint density at radius 3 is 2.25 bits per heavy atom. The summed E-state index contributed by atoms with van der Waals surface area (Å²) in [6.45, 7) is 10.8. The van der Waals surface area contributed by atoms with Gasteiger partial charge in [0, 0.05) is 13.1 Å². The van der Waals surface area contributed by atoms with Gasteiger partial charge in [-0.15, -0.1) is 0 Å². The largest absolute Gasteiger partial charge is 0.497 e. The van der Waals surface area contributed by atoms with Crippen LogP contribution in [0.4, 0.5) is 0 Å². The van der Waals surface area contributed by atoms with E-state index in [4.69, 9.17) is 9.47 Å². The molecular weight excluding hydrogens is 404 g/mol. The Hall–Kier alpha value is -3.02. The summed E-state index contributed by atoms with van der Waals surface area (Å²) in [5.41, 5.74) is 1.83. The Morgan fingerprint density at radius 2 is 1.69 bits per heavy atom. The fraction of sp³-hybridized carbons (Fsp3) is 0.462. The molecule has 0 bridgehead atoms. The molecular formula is C26H36N2O4. The van der Waals surface area contributed by atoms with Gasteiger partial charge in [-0.05, 0) is 48.1 Å². The number of amides is 2. The number of hydrogen-bond donors (Lipinski definition) is 1. The third-order valence-electron chi connectivity index (χ3n) is 5.30. The standard InChI is InChI=1S/C26H36N2O4/c1-7-22(25(30)27-8-2)28(17-19-13-15-20(31-6)16-14-19)24(29)18-32-23-12-10-9-11-21(23)26(3,4)5/h9-16,22H,7-8,17-18H2,1-6H3,(H,27,30). The van der Waals surface area contributed by atoms with Crippen LogP contribution in [0.5, 0.6) is 11.5 Å². The normalized spacial score (nSPS) is 12.1. The zero-order chi connectivity index (χ0) is 23.7. The van der Waals surface area contributed by atoms with Crippen molar-refractivity contribution in [1.29, 1.82) is 0 Å². The SMILES string of the molecule is CCNC(=O)C(CC)N(Cc1ccc(OC)cc1)C(=O)COc1ccccc1C(C)(C)C. The summed E-state index contributed by atoms with van der Waals surface area (Å²) in [6.07, 6.45) is 0.506. The van der Waals surface area contributed by atoms with Crippen LogP contribution in [0.2, 0.25) is 0 Å². The maximum Gasteiger partial charge on any atom is 0.261 e. The lowest BCUT2D eigenvalue weighted by molar-refractivity contribution is -0.142. The second-order valence-corrected chi connectivity index (χ2v) is 8.72. The van der Waals surface area contributed by atoms with E-state index in [0.29, 0.717) is 25.3 Å². The summed E-state index contributed by atoms with van der Waals surface area (Å²) in [5.74, 6) is 1.03. The molecule has 0 aliphatic rings. The van der Waals surface area contributed by atoms with E-state index in [9.17, 15) is 9.59 Å². The molecule has 174 valence electrons. The van der Waals surface area contributed by atoms with Gasteiger partial charge < -0.3 is 19.7 Å². The van der Waals surface area contributed by atoms with Crippen LogP contribution in [-0.4, -0.2) is 43.0 Å². The maximum absolute atomic E-state index is 13.3. The van der Waals surface area contributed by atoms with E-state index < -0.39 is 6.04 Å². The Kier molecular flexibility index (Phi) is 9.12. The summed E-state index contributed by atoms with van der Waals surface area (Å²) in [6, 6.07) is 14.7. The van der Waals surface area contributed by atoms with Gasteiger partial charge in [0.2, 0.25) is 5.91 Å². The van der Waals surface area contributed by atoms with Crippen LogP contribution in [0, 0.1) is 0 Å². The number of likely N-dealkylation sites (N-methyl/N-ethyl adjacent to an activating group) is 1.